The number of hydrogen-bond donors (Lipinski definition) is 2. The van der Waals surface area contributed by atoms with Crippen molar-refractivity contribution in [3.8, 4) is 22.0 Å². The van der Waals surface area contributed by atoms with E-state index in [2.05, 4.69) is 32.7 Å². The van der Waals surface area contributed by atoms with Gasteiger partial charge >= 0.3 is 0 Å². The molecule has 0 atom stereocenters. The van der Waals surface area contributed by atoms with E-state index in [0.29, 0.717) is 19.0 Å². The molecule has 6 nitrogen and oxygen atoms in total. The van der Waals surface area contributed by atoms with Gasteiger partial charge in [-0.3, -0.25) is 0 Å². The van der Waals surface area contributed by atoms with Gasteiger partial charge in [-0.25, -0.2) is 15.0 Å². The molecule has 0 unspecified atom stereocenters. The lowest BCUT2D eigenvalue weighted by Crippen LogP contribution is -2.36. The Labute approximate surface area is 209 Å². The first-order valence-corrected chi connectivity index (χ1v) is 11.1. The van der Waals surface area contributed by atoms with Crippen LogP contribution in [0.25, 0.3) is 22.0 Å². The van der Waals surface area contributed by atoms with Crippen LogP contribution in [0, 0.1) is 6.92 Å². The molecule has 0 bridgehead atoms. The molecule has 0 spiro atoms. The molecule has 0 saturated heterocycles. The monoisotopic (exact) mass is 559 g/mol. The van der Waals surface area contributed by atoms with Crippen molar-refractivity contribution in [2.75, 3.05) is 6.54 Å². The largest absolute Gasteiger partial charge is 0.444 e. The maximum absolute atomic E-state index is 5.60. The zero-order valence-corrected chi connectivity index (χ0v) is 21.2. The molecule has 0 aliphatic carbocycles. The lowest BCUT2D eigenvalue weighted by Gasteiger charge is -2.10. The van der Waals surface area contributed by atoms with Gasteiger partial charge in [0.05, 0.1) is 18.8 Å². The summed E-state index contributed by atoms with van der Waals surface area (Å²) in [6.45, 7) is 5.96. The van der Waals surface area contributed by atoms with Crippen LogP contribution < -0.4 is 10.6 Å². The Morgan fingerprint density at radius 3 is 2.34 bits per heavy atom. The number of benzene rings is 2. The Bertz CT molecular complexity index is 1140. The summed E-state index contributed by atoms with van der Waals surface area (Å²) in [4.78, 5) is 15.1. The predicted molar refractivity (Wildman–Crippen MR) is 141 cm³/mol. The quantitative estimate of drug-likeness (QED) is 0.174. The topological polar surface area (TPSA) is 75.3 Å². The molecule has 8 heteroatoms. The van der Waals surface area contributed by atoms with Gasteiger partial charge in [0, 0.05) is 22.5 Å². The first-order valence-electron chi connectivity index (χ1n) is 10.3. The van der Waals surface area contributed by atoms with E-state index in [-0.39, 0.29) is 24.0 Å². The molecule has 2 heterocycles. The van der Waals surface area contributed by atoms with Gasteiger partial charge < -0.3 is 15.1 Å². The first kappa shape index (κ1) is 23.9. The third-order valence-electron chi connectivity index (χ3n) is 4.65. The number of hydrogen-bond acceptors (Lipinski definition) is 5. The van der Waals surface area contributed by atoms with Crippen LogP contribution in [0.5, 0.6) is 0 Å². The zero-order chi connectivity index (χ0) is 21.5. The fourth-order valence-corrected chi connectivity index (χ4v) is 4.06. The van der Waals surface area contributed by atoms with Crippen molar-refractivity contribution in [3.05, 3.63) is 83.2 Å². The van der Waals surface area contributed by atoms with Crippen LogP contribution in [0.15, 0.2) is 76.3 Å². The molecule has 2 aromatic carbocycles. The second-order valence-corrected chi connectivity index (χ2v) is 8.04. The summed E-state index contributed by atoms with van der Waals surface area (Å²) in [6, 6.07) is 20.1. The number of nitrogens with zero attached hydrogens (tertiary/aromatic N) is 3. The van der Waals surface area contributed by atoms with Crippen molar-refractivity contribution in [2.45, 2.75) is 26.9 Å². The average Bonchev–Trinajstić information content (AvgIpc) is 3.44. The maximum Gasteiger partial charge on any atom is 0.226 e. The van der Waals surface area contributed by atoms with Crippen molar-refractivity contribution >= 4 is 41.3 Å². The fraction of sp³-hybridized carbons (Fsp3) is 0.208. The van der Waals surface area contributed by atoms with Gasteiger partial charge in [-0.1, -0.05) is 48.5 Å². The van der Waals surface area contributed by atoms with Crippen LogP contribution in [0.1, 0.15) is 23.2 Å². The van der Waals surface area contributed by atoms with Gasteiger partial charge in [0.15, 0.2) is 5.96 Å². The van der Waals surface area contributed by atoms with E-state index in [0.717, 1.165) is 40.0 Å². The van der Waals surface area contributed by atoms with Crippen molar-refractivity contribution < 1.29 is 4.42 Å². The van der Waals surface area contributed by atoms with E-state index in [1.807, 2.05) is 62.4 Å². The second-order valence-electron chi connectivity index (χ2n) is 6.95. The van der Waals surface area contributed by atoms with Crippen LogP contribution in [-0.2, 0) is 13.1 Å². The maximum atomic E-state index is 5.60. The molecule has 0 amide bonds. The molecule has 2 aromatic heterocycles. The first-order chi connectivity index (χ1) is 15.2. The van der Waals surface area contributed by atoms with Gasteiger partial charge in [0.25, 0.3) is 0 Å². The molecule has 2 N–H and O–H groups in total. The van der Waals surface area contributed by atoms with E-state index >= 15 is 0 Å². The summed E-state index contributed by atoms with van der Waals surface area (Å²) in [5.74, 6) is 1.35. The summed E-state index contributed by atoms with van der Waals surface area (Å²) in [6.07, 6.45) is 1.66. The van der Waals surface area contributed by atoms with Crippen LogP contribution in [-0.4, -0.2) is 22.5 Å². The molecule has 32 heavy (non-hydrogen) atoms. The standard InChI is InChI=1S/C24H25N5OS.HI/c1-3-25-24(26-14-20-16-30-22(29-20)18-10-6-4-7-11-18)27-15-21-17(2)28-23(31-21)19-12-8-5-9-13-19;/h4-13,16H,3,14-15H2,1-2H3,(H2,25,26,27);1H. The van der Waals surface area contributed by atoms with Crippen molar-refractivity contribution in [2.24, 2.45) is 4.99 Å². The fourth-order valence-electron chi connectivity index (χ4n) is 3.05. The minimum absolute atomic E-state index is 0. The van der Waals surface area contributed by atoms with Crippen LogP contribution in [0.2, 0.25) is 0 Å². The van der Waals surface area contributed by atoms with E-state index in [1.165, 1.54) is 4.88 Å². The van der Waals surface area contributed by atoms with E-state index < -0.39 is 0 Å². The minimum atomic E-state index is 0. The Balaban J connectivity index is 0.00000289. The Morgan fingerprint density at radius 1 is 0.969 bits per heavy atom. The summed E-state index contributed by atoms with van der Waals surface area (Å²) >= 11 is 1.70. The smallest absolute Gasteiger partial charge is 0.226 e. The molecule has 0 radical (unpaired) electrons. The van der Waals surface area contributed by atoms with Crippen LogP contribution >= 0.6 is 35.3 Å². The highest BCUT2D eigenvalue weighted by Gasteiger charge is 2.10. The molecule has 4 rings (SSSR count). The molecule has 0 aliphatic rings. The predicted octanol–water partition coefficient (Wildman–Crippen LogP) is 5.65. The number of aliphatic imine (C=N–C) groups is 1. The number of rotatable bonds is 7. The molecular formula is C24H26IN5OS. The van der Waals surface area contributed by atoms with Crippen LogP contribution in [0.4, 0.5) is 0 Å². The highest BCUT2D eigenvalue weighted by atomic mass is 127. The van der Waals surface area contributed by atoms with Gasteiger partial charge in [0.2, 0.25) is 5.89 Å². The summed E-state index contributed by atoms with van der Waals surface area (Å²) in [7, 11) is 0. The number of aryl methyl sites for hydroxylation is 1. The Morgan fingerprint density at radius 2 is 1.66 bits per heavy atom. The Kier molecular flexibility index (Phi) is 8.81. The number of aromatic nitrogens is 2. The lowest BCUT2D eigenvalue weighted by atomic mass is 10.2. The molecule has 4 aromatic rings. The molecule has 0 saturated carbocycles. The summed E-state index contributed by atoms with van der Waals surface area (Å²) in [5.41, 5.74) is 3.92. The number of halogens is 1. The molecule has 166 valence electrons. The molecule has 0 aliphatic heterocycles. The van der Waals surface area contributed by atoms with Crippen molar-refractivity contribution in [1.82, 2.24) is 20.6 Å². The van der Waals surface area contributed by atoms with Gasteiger partial charge in [-0.05, 0) is 26.0 Å². The number of guanidine groups is 1. The minimum Gasteiger partial charge on any atom is -0.444 e. The second kappa shape index (κ2) is 11.8. The Hall–Kier alpha value is -2.72. The number of thiazole rings is 1. The van der Waals surface area contributed by atoms with Gasteiger partial charge in [-0.2, -0.15) is 0 Å². The highest BCUT2D eigenvalue weighted by Crippen LogP contribution is 2.27. The number of oxazole rings is 1. The molecule has 0 fully saturated rings. The van der Waals surface area contributed by atoms with Gasteiger partial charge in [-0.15, -0.1) is 35.3 Å². The SMILES string of the molecule is CCNC(=NCc1coc(-c2ccccc2)n1)NCc1sc(-c2ccccc2)nc1C.I. The lowest BCUT2D eigenvalue weighted by molar-refractivity contribution is 0.572. The third-order valence-corrected chi connectivity index (χ3v) is 5.85. The summed E-state index contributed by atoms with van der Waals surface area (Å²) < 4.78 is 5.60. The average molecular weight is 559 g/mol. The third kappa shape index (κ3) is 6.17. The highest BCUT2D eigenvalue weighted by molar-refractivity contribution is 14.0. The normalized spacial score (nSPS) is 11.1. The van der Waals surface area contributed by atoms with Crippen molar-refractivity contribution in [1.29, 1.82) is 0 Å². The van der Waals surface area contributed by atoms with E-state index in [4.69, 9.17) is 9.40 Å². The van der Waals surface area contributed by atoms with Crippen LogP contribution in [0.3, 0.4) is 0 Å². The zero-order valence-electron chi connectivity index (χ0n) is 18.0. The van der Waals surface area contributed by atoms with E-state index in [1.54, 1.807) is 17.6 Å². The number of nitrogens with one attached hydrogen (secondary N) is 2. The molecular weight excluding hydrogens is 533 g/mol. The van der Waals surface area contributed by atoms with Gasteiger partial charge in [0.1, 0.15) is 17.0 Å². The van der Waals surface area contributed by atoms with E-state index in [9.17, 15) is 0 Å². The summed E-state index contributed by atoms with van der Waals surface area (Å²) in [5, 5.41) is 7.72. The van der Waals surface area contributed by atoms with Crippen molar-refractivity contribution in [3.63, 3.8) is 0 Å².